The molecule has 5 nitrogen and oxygen atoms in total. The van der Waals surface area contributed by atoms with Gasteiger partial charge in [-0.25, -0.2) is 0 Å². The summed E-state index contributed by atoms with van der Waals surface area (Å²) in [6.45, 7) is 2.51. The minimum atomic E-state index is 0.776. The highest BCUT2D eigenvalue weighted by molar-refractivity contribution is 4.90. The Morgan fingerprint density at radius 2 is 2.36 bits per heavy atom. The Morgan fingerprint density at radius 1 is 1.50 bits per heavy atom. The normalized spacial score (nSPS) is 10.7. The van der Waals surface area contributed by atoms with Crippen molar-refractivity contribution in [3.05, 3.63) is 11.9 Å². The highest BCUT2D eigenvalue weighted by Gasteiger charge is 1.98. The van der Waals surface area contributed by atoms with Gasteiger partial charge in [-0.1, -0.05) is 5.21 Å². The minimum absolute atomic E-state index is 0.776. The Hall–Kier alpha value is -0.940. The van der Waals surface area contributed by atoms with Gasteiger partial charge in [0.25, 0.3) is 0 Å². The van der Waals surface area contributed by atoms with E-state index in [0.29, 0.717) is 0 Å². The summed E-state index contributed by atoms with van der Waals surface area (Å²) in [5.41, 5.74) is 0.985. The van der Waals surface area contributed by atoms with E-state index in [1.807, 2.05) is 17.9 Å². The third-order valence-electron chi connectivity index (χ3n) is 1.93. The van der Waals surface area contributed by atoms with Crippen molar-refractivity contribution in [3.63, 3.8) is 0 Å². The van der Waals surface area contributed by atoms with Gasteiger partial charge in [0.1, 0.15) is 0 Å². The topological polar surface area (TPSA) is 52.0 Å². The molecule has 0 aliphatic carbocycles. The van der Waals surface area contributed by atoms with Crippen molar-refractivity contribution in [3.8, 4) is 0 Å². The van der Waals surface area contributed by atoms with Crippen LogP contribution in [-0.4, -0.2) is 35.8 Å². The van der Waals surface area contributed by atoms with Gasteiger partial charge < -0.3 is 10.1 Å². The van der Waals surface area contributed by atoms with Crippen LogP contribution in [0, 0.1) is 0 Å². The molecule has 1 aromatic heterocycles. The maximum Gasteiger partial charge on any atom is 0.0964 e. The SMILES string of the molecule is CNCc1cn(CCCCOC)nn1. The summed E-state index contributed by atoms with van der Waals surface area (Å²) in [5.74, 6) is 0. The van der Waals surface area contributed by atoms with Gasteiger partial charge in [-0.3, -0.25) is 4.68 Å². The van der Waals surface area contributed by atoms with Gasteiger partial charge in [0.05, 0.1) is 5.69 Å². The van der Waals surface area contributed by atoms with E-state index >= 15 is 0 Å². The number of nitrogens with one attached hydrogen (secondary N) is 1. The zero-order valence-electron chi connectivity index (χ0n) is 8.86. The second kappa shape index (κ2) is 6.50. The van der Waals surface area contributed by atoms with Gasteiger partial charge >= 0.3 is 0 Å². The molecule has 80 valence electrons. The Labute approximate surface area is 84.4 Å². The van der Waals surface area contributed by atoms with Crippen molar-refractivity contribution in [1.29, 1.82) is 0 Å². The molecule has 0 saturated carbocycles. The predicted molar refractivity (Wildman–Crippen MR) is 53.9 cm³/mol. The van der Waals surface area contributed by atoms with E-state index in [2.05, 4.69) is 15.6 Å². The third-order valence-corrected chi connectivity index (χ3v) is 1.93. The molecule has 0 atom stereocenters. The molecule has 0 fully saturated rings. The summed E-state index contributed by atoms with van der Waals surface area (Å²) in [6, 6.07) is 0. The van der Waals surface area contributed by atoms with Crippen LogP contribution in [0.5, 0.6) is 0 Å². The van der Waals surface area contributed by atoms with E-state index in [4.69, 9.17) is 4.74 Å². The van der Waals surface area contributed by atoms with E-state index in [1.54, 1.807) is 7.11 Å². The van der Waals surface area contributed by atoms with Crippen molar-refractivity contribution in [2.24, 2.45) is 0 Å². The summed E-state index contributed by atoms with van der Waals surface area (Å²) in [5, 5.41) is 11.1. The van der Waals surface area contributed by atoms with Crippen LogP contribution >= 0.6 is 0 Å². The van der Waals surface area contributed by atoms with Crippen molar-refractivity contribution >= 4 is 0 Å². The number of aromatic nitrogens is 3. The first kappa shape index (κ1) is 11.1. The van der Waals surface area contributed by atoms with Gasteiger partial charge in [-0.15, -0.1) is 5.10 Å². The molecule has 0 saturated heterocycles. The average molecular weight is 198 g/mol. The highest BCUT2D eigenvalue weighted by Crippen LogP contribution is 1.96. The lowest BCUT2D eigenvalue weighted by Gasteiger charge is -1.99. The molecular weight excluding hydrogens is 180 g/mol. The summed E-state index contributed by atoms with van der Waals surface area (Å²) in [7, 11) is 3.62. The molecule has 0 aliphatic rings. The molecule has 0 aliphatic heterocycles. The van der Waals surface area contributed by atoms with E-state index in [0.717, 1.165) is 38.2 Å². The number of ether oxygens (including phenoxy) is 1. The molecule has 1 heterocycles. The van der Waals surface area contributed by atoms with Gasteiger partial charge in [-0.05, 0) is 19.9 Å². The predicted octanol–water partition coefficient (Wildman–Crippen LogP) is 0.424. The van der Waals surface area contributed by atoms with Gasteiger partial charge in [0.2, 0.25) is 0 Å². The molecule has 1 rings (SSSR count). The quantitative estimate of drug-likeness (QED) is 0.645. The Kier molecular flexibility index (Phi) is 5.17. The number of unbranched alkanes of at least 4 members (excludes halogenated alkanes) is 1. The zero-order chi connectivity index (χ0) is 10.2. The Bertz CT molecular complexity index is 249. The van der Waals surface area contributed by atoms with Crippen LogP contribution in [0.2, 0.25) is 0 Å². The summed E-state index contributed by atoms with van der Waals surface area (Å²) in [4.78, 5) is 0. The van der Waals surface area contributed by atoms with Crippen LogP contribution in [0.3, 0.4) is 0 Å². The second-order valence-electron chi connectivity index (χ2n) is 3.20. The second-order valence-corrected chi connectivity index (χ2v) is 3.20. The molecule has 5 heteroatoms. The van der Waals surface area contributed by atoms with Crippen molar-refractivity contribution in [2.45, 2.75) is 25.9 Å². The molecule has 14 heavy (non-hydrogen) atoms. The lowest BCUT2D eigenvalue weighted by Crippen LogP contribution is -2.05. The van der Waals surface area contributed by atoms with E-state index in [-0.39, 0.29) is 0 Å². The fourth-order valence-electron chi connectivity index (χ4n) is 1.23. The third kappa shape index (κ3) is 3.85. The van der Waals surface area contributed by atoms with Crippen LogP contribution in [0.25, 0.3) is 0 Å². The van der Waals surface area contributed by atoms with Crippen LogP contribution in [-0.2, 0) is 17.8 Å². The number of nitrogens with zero attached hydrogens (tertiary/aromatic N) is 3. The molecule has 0 unspecified atom stereocenters. The van der Waals surface area contributed by atoms with Gasteiger partial charge in [-0.2, -0.15) is 0 Å². The van der Waals surface area contributed by atoms with E-state index in [1.165, 1.54) is 0 Å². The molecule has 1 N–H and O–H groups in total. The molecule has 0 radical (unpaired) electrons. The monoisotopic (exact) mass is 198 g/mol. The van der Waals surface area contributed by atoms with E-state index in [9.17, 15) is 0 Å². The first-order valence-corrected chi connectivity index (χ1v) is 4.89. The highest BCUT2D eigenvalue weighted by atomic mass is 16.5. The van der Waals surface area contributed by atoms with Crippen LogP contribution < -0.4 is 5.32 Å². The van der Waals surface area contributed by atoms with Crippen molar-refractivity contribution in [2.75, 3.05) is 20.8 Å². The molecular formula is C9H18N4O. The maximum absolute atomic E-state index is 4.97. The smallest absolute Gasteiger partial charge is 0.0964 e. The molecule has 0 bridgehead atoms. The minimum Gasteiger partial charge on any atom is -0.385 e. The Morgan fingerprint density at radius 3 is 3.07 bits per heavy atom. The zero-order valence-corrected chi connectivity index (χ0v) is 8.86. The number of aryl methyl sites for hydroxylation is 1. The van der Waals surface area contributed by atoms with Crippen LogP contribution in [0.4, 0.5) is 0 Å². The van der Waals surface area contributed by atoms with Crippen LogP contribution in [0.1, 0.15) is 18.5 Å². The molecule has 1 aromatic rings. The van der Waals surface area contributed by atoms with Crippen LogP contribution in [0.15, 0.2) is 6.20 Å². The molecule has 0 spiro atoms. The summed E-state index contributed by atoms with van der Waals surface area (Å²) >= 11 is 0. The van der Waals surface area contributed by atoms with E-state index < -0.39 is 0 Å². The van der Waals surface area contributed by atoms with Crippen molar-refractivity contribution < 1.29 is 4.74 Å². The fourth-order valence-corrected chi connectivity index (χ4v) is 1.23. The van der Waals surface area contributed by atoms with Gasteiger partial charge in [0.15, 0.2) is 0 Å². The maximum atomic E-state index is 4.97. The summed E-state index contributed by atoms with van der Waals surface area (Å²) < 4.78 is 6.85. The Balaban J connectivity index is 2.22. The number of rotatable bonds is 7. The standard InChI is InChI=1S/C9H18N4O/c1-10-7-9-8-13(12-11-9)5-3-4-6-14-2/h8,10H,3-7H2,1-2H3. The first-order chi connectivity index (χ1) is 6.86. The molecule has 0 aromatic carbocycles. The number of methoxy groups -OCH3 is 1. The lowest BCUT2D eigenvalue weighted by molar-refractivity contribution is 0.191. The number of hydrogen-bond donors (Lipinski definition) is 1. The number of hydrogen-bond acceptors (Lipinski definition) is 4. The fraction of sp³-hybridized carbons (Fsp3) is 0.778. The first-order valence-electron chi connectivity index (χ1n) is 4.89. The molecule has 0 amide bonds. The van der Waals surface area contributed by atoms with Gasteiger partial charge in [0, 0.05) is 33.0 Å². The van der Waals surface area contributed by atoms with Crippen molar-refractivity contribution in [1.82, 2.24) is 20.3 Å². The average Bonchev–Trinajstić information content (AvgIpc) is 2.61. The summed E-state index contributed by atoms with van der Waals surface area (Å²) in [6.07, 6.45) is 4.12. The largest absolute Gasteiger partial charge is 0.385 e. The lowest BCUT2D eigenvalue weighted by atomic mass is 10.3.